The van der Waals surface area contributed by atoms with Crippen LogP contribution in [0.15, 0.2) is 53.4 Å². The van der Waals surface area contributed by atoms with Gasteiger partial charge in [0.05, 0.1) is 18.2 Å². The molecule has 0 spiro atoms. The molecule has 3 N–H and O–H groups in total. The number of amides is 2. The van der Waals surface area contributed by atoms with Gasteiger partial charge in [0.2, 0.25) is 5.91 Å². The number of likely N-dealkylation sites (tertiary alicyclic amines) is 1. The number of rotatable bonds is 10. The molecule has 1 aliphatic heterocycles. The van der Waals surface area contributed by atoms with Gasteiger partial charge in [0.1, 0.15) is 5.75 Å². The van der Waals surface area contributed by atoms with E-state index < -0.39 is 0 Å². The molecule has 2 amide bonds. The van der Waals surface area contributed by atoms with E-state index >= 15 is 0 Å². The summed E-state index contributed by atoms with van der Waals surface area (Å²) in [5, 5.41) is 16.7. The van der Waals surface area contributed by atoms with Crippen molar-refractivity contribution < 1.29 is 19.4 Å². The summed E-state index contributed by atoms with van der Waals surface area (Å²) >= 11 is 1.67. The molecule has 0 aromatic heterocycles. The van der Waals surface area contributed by atoms with Crippen LogP contribution in [0.1, 0.15) is 68.8 Å². The molecule has 7 nitrogen and oxygen atoms in total. The van der Waals surface area contributed by atoms with E-state index in [1.54, 1.807) is 44.0 Å². The maximum Gasteiger partial charge on any atom is 0.252 e. The third-order valence-corrected chi connectivity index (χ3v) is 9.64. The largest absolute Gasteiger partial charge is 0.508 e. The molecule has 41 heavy (non-hydrogen) atoms. The number of phenols is 1. The lowest BCUT2D eigenvalue weighted by Gasteiger charge is -2.47. The van der Waals surface area contributed by atoms with Crippen molar-refractivity contribution in [3.8, 4) is 5.75 Å². The minimum absolute atomic E-state index is 0.0750. The van der Waals surface area contributed by atoms with Crippen LogP contribution in [0.2, 0.25) is 0 Å². The van der Waals surface area contributed by atoms with Gasteiger partial charge in [0.25, 0.3) is 5.91 Å². The summed E-state index contributed by atoms with van der Waals surface area (Å²) < 4.78 is 6.11. The number of ether oxygens (including phenoxy) is 1. The number of thioether (sulfide) groups is 1. The molecule has 8 heteroatoms. The number of phenolic OH excluding ortho intramolecular Hbond substituents is 1. The highest BCUT2D eigenvalue weighted by Gasteiger charge is 2.42. The summed E-state index contributed by atoms with van der Waals surface area (Å²) in [6.07, 6.45) is 5.42. The van der Waals surface area contributed by atoms with Gasteiger partial charge in [-0.1, -0.05) is 43.5 Å². The van der Waals surface area contributed by atoms with Crippen molar-refractivity contribution in [1.82, 2.24) is 15.5 Å². The lowest BCUT2D eigenvalue weighted by Crippen LogP contribution is -2.60. The van der Waals surface area contributed by atoms with Gasteiger partial charge in [0.15, 0.2) is 0 Å². The Morgan fingerprint density at radius 3 is 2.46 bits per heavy atom. The minimum atomic E-state index is -0.335. The third kappa shape index (κ3) is 8.49. The van der Waals surface area contributed by atoms with Crippen LogP contribution in [0.5, 0.6) is 5.75 Å². The molecule has 1 aliphatic carbocycles. The van der Waals surface area contributed by atoms with E-state index in [-0.39, 0.29) is 41.3 Å². The van der Waals surface area contributed by atoms with Gasteiger partial charge in [-0.3, -0.25) is 14.5 Å². The van der Waals surface area contributed by atoms with Crippen molar-refractivity contribution in [3.63, 3.8) is 0 Å². The van der Waals surface area contributed by atoms with Crippen LogP contribution in [-0.2, 0) is 9.53 Å². The molecular formula is C33H47N3O4S. The molecular weight excluding hydrogens is 534 g/mol. The van der Waals surface area contributed by atoms with Crippen LogP contribution in [0.4, 0.5) is 0 Å². The fourth-order valence-corrected chi connectivity index (χ4v) is 7.30. The Labute approximate surface area is 249 Å². The summed E-state index contributed by atoms with van der Waals surface area (Å²) in [4.78, 5) is 30.5. The van der Waals surface area contributed by atoms with E-state index in [4.69, 9.17) is 4.74 Å². The second-order valence-corrected chi connectivity index (χ2v) is 13.8. The molecule has 2 aromatic rings. The Hall–Kier alpha value is -2.55. The standard InChI is InChI=1S/C33H47N3O4S/c1-22-26(16-11-17-29(22)37)31(38)34-27(21-41-25-14-7-6-8-15-25)30(40-5)20-36-19-24-13-10-9-12-23(24)18-28(36)32(39)35-33(2,3)4/h6-8,11,14-17,23-24,27-28,30,37H,9-10,12-13,18-21H2,1-5H3,(H,34,38)(H,35,39)/t23-,24+,27-,28-,30+/m0/s1. The first-order valence-corrected chi connectivity index (χ1v) is 15.9. The number of piperidine rings is 1. The van der Waals surface area contributed by atoms with Crippen molar-refractivity contribution in [3.05, 3.63) is 59.7 Å². The second-order valence-electron chi connectivity index (χ2n) is 12.7. The van der Waals surface area contributed by atoms with Gasteiger partial charge in [-0.15, -0.1) is 11.8 Å². The fourth-order valence-electron chi connectivity index (χ4n) is 6.28. The van der Waals surface area contributed by atoms with Crippen LogP contribution in [0.25, 0.3) is 0 Å². The second kappa shape index (κ2) is 14.1. The van der Waals surface area contributed by atoms with Gasteiger partial charge in [-0.25, -0.2) is 0 Å². The summed E-state index contributed by atoms with van der Waals surface area (Å²) in [5.41, 5.74) is 0.682. The maximum absolute atomic E-state index is 13.6. The van der Waals surface area contributed by atoms with Crippen LogP contribution in [-0.4, -0.2) is 71.5 Å². The number of methoxy groups -OCH3 is 1. The Kier molecular flexibility index (Phi) is 10.8. The van der Waals surface area contributed by atoms with Crippen LogP contribution < -0.4 is 10.6 Å². The first-order chi connectivity index (χ1) is 19.6. The first-order valence-electron chi connectivity index (χ1n) is 14.9. The van der Waals surface area contributed by atoms with Crippen molar-refractivity contribution in [2.45, 2.75) is 88.4 Å². The average molecular weight is 582 g/mol. The molecule has 2 aliphatic rings. The number of aromatic hydroxyl groups is 1. The van der Waals surface area contributed by atoms with Gasteiger partial charge < -0.3 is 20.5 Å². The van der Waals surface area contributed by atoms with Crippen molar-refractivity contribution >= 4 is 23.6 Å². The van der Waals surface area contributed by atoms with Gasteiger partial charge >= 0.3 is 0 Å². The minimum Gasteiger partial charge on any atom is -0.508 e. The number of carbonyl (C=O) groups excluding carboxylic acids is 2. The van der Waals surface area contributed by atoms with E-state index in [0.717, 1.165) is 17.9 Å². The van der Waals surface area contributed by atoms with Crippen molar-refractivity contribution in [2.24, 2.45) is 11.8 Å². The highest BCUT2D eigenvalue weighted by atomic mass is 32.2. The zero-order chi connectivity index (χ0) is 29.6. The van der Waals surface area contributed by atoms with Crippen molar-refractivity contribution in [1.29, 1.82) is 0 Å². The number of nitrogens with zero attached hydrogens (tertiary/aromatic N) is 1. The molecule has 5 atom stereocenters. The van der Waals surface area contributed by atoms with Gasteiger partial charge in [-0.05, 0) is 76.6 Å². The average Bonchev–Trinajstić information content (AvgIpc) is 2.94. The van der Waals surface area contributed by atoms with Crippen LogP contribution in [0, 0.1) is 18.8 Å². The molecule has 1 saturated heterocycles. The SMILES string of the molecule is CO[C@H](CN1C[C@H]2CCCC[C@H]2C[C@H]1C(=O)NC(C)(C)C)[C@H](CSc1ccccc1)NC(=O)c1cccc(O)c1C. The number of hydrogen-bond acceptors (Lipinski definition) is 6. The first kappa shape index (κ1) is 31.4. The normalized spacial score (nSPS) is 22.8. The quantitative estimate of drug-likeness (QED) is 0.326. The van der Waals surface area contributed by atoms with Gasteiger partial charge in [0, 0.05) is 47.5 Å². The molecule has 0 radical (unpaired) electrons. The monoisotopic (exact) mass is 581 g/mol. The topological polar surface area (TPSA) is 90.9 Å². The Morgan fingerprint density at radius 1 is 1.07 bits per heavy atom. The van der Waals surface area contributed by atoms with E-state index in [2.05, 4.69) is 27.7 Å². The Balaban J connectivity index is 1.57. The third-order valence-electron chi connectivity index (χ3n) is 8.51. The smallest absolute Gasteiger partial charge is 0.252 e. The number of fused-ring (bicyclic) bond motifs is 1. The molecule has 0 bridgehead atoms. The highest BCUT2D eigenvalue weighted by Crippen LogP contribution is 2.39. The van der Waals surface area contributed by atoms with Crippen LogP contribution >= 0.6 is 11.8 Å². The predicted octanol–water partition coefficient (Wildman–Crippen LogP) is 5.40. The van der Waals surface area contributed by atoms with Gasteiger partial charge in [-0.2, -0.15) is 0 Å². The summed E-state index contributed by atoms with van der Waals surface area (Å²) in [7, 11) is 1.69. The Bertz CT molecular complexity index is 1170. The number of hydrogen-bond donors (Lipinski definition) is 3. The number of nitrogens with one attached hydrogen (secondary N) is 2. The summed E-state index contributed by atoms with van der Waals surface area (Å²) in [5.74, 6) is 1.69. The molecule has 2 fully saturated rings. The number of benzene rings is 2. The summed E-state index contributed by atoms with van der Waals surface area (Å²) in [6, 6.07) is 14.6. The molecule has 2 aromatic carbocycles. The molecule has 0 unspecified atom stereocenters. The highest BCUT2D eigenvalue weighted by molar-refractivity contribution is 7.99. The lowest BCUT2D eigenvalue weighted by atomic mass is 9.72. The van der Waals surface area contributed by atoms with E-state index in [1.165, 1.54) is 25.7 Å². The molecule has 1 saturated carbocycles. The zero-order valence-electron chi connectivity index (χ0n) is 25.2. The van der Waals surface area contributed by atoms with Crippen LogP contribution in [0.3, 0.4) is 0 Å². The number of carbonyl (C=O) groups is 2. The lowest BCUT2D eigenvalue weighted by molar-refractivity contribution is -0.132. The van der Waals surface area contributed by atoms with E-state index in [1.807, 2.05) is 39.0 Å². The zero-order valence-corrected chi connectivity index (χ0v) is 26.0. The fraction of sp³-hybridized carbons (Fsp3) is 0.576. The van der Waals surface area contributed by atoms with Crippen molar-refractivity contribution in [2.75, 3.05) is 26.0 Å². The predicted molar refractivity (Wildman–Crippen MR) is 165 cm³/mol. The van der Waals surface area contributed by atoms with E-state index in [0.29, 0.717) is 35.3 Å². The maximum atomic E-state index is 13.6. The Morgan fingerprint density at radius 2 is 1.78 bits per heavy atom. The van der Waals surface area contributed by atoms with E-state index in [9.17, 15) is 14.7 Å². The molecule has 4 rings (SSSR count). The summed E-state index contributed by atoms with van der Waals surface area (Å²) in [6.45, 7) is 9.23. The molecule has 224 valence electrons. The molecule has 1 heterocycles.